The maximum absolute atomic E-state index is 13.6. The van der Waals surface area contributed by atoms with Crippen LogP contribution in [0.5, 0.6) is 5.75 Å². The topological polar surface area (TPSA) is 110 Å². The number of amides is 1. The van der Waals surface area contributed by atoms with E-state index in [-0.39, 0.29) is 22.3 Å². The molecule has 1 unspecified atom stereocenters. The van der Waals surface area contributed by atoms with Crippen molar-refractivity contribution in [3.63, 3.8) is 0 Å². The van der Waals surface area contributed by atoms with Gasteiger partial charge in [0.1, 0.15) is 22.9 Å². The monoisotopic (exact) mass is 601 g/mol. The van der Waals surface area contributed by atoms with Crippen LogP contribution in [0.2, 0.25) is 0 Å². The Morgan fingerprint density at radius 3 is 2.57 bits per heavy atom. The van der Waals surface area contributed by atoms with Crippen molar-refractivity contribution in [3.05, 3.63) is 107 Å². The van der Waals surface area contributed by atoms with Gasteiger partial charge >= 0.3 is 5.91 Å². The minimum atomic E-state index is -0.975. The summed E-state index contributed by atoms with van der Waals surface area (Å²) in [5, 5.41) is 20.4. The van der Waals surface area contributed by atoms with Crippen LogP contribution in [0.3, 0.4) is 0 Å². The summed E-state index contributed by atoms with van der Waals surface area (Å²) in [7, 11) is 0. The van der Waals surface area contributed by atoms with Crippen molar-refractivity contribution in [1.82, 2.24) is 19.6 Å². The number of imidazole rings is 1. The quantitative estimate of drug-likeness (QED) is 0.0764. The van der Waals surface area contributed by atoms with Gasteiger partial charge < -0.3 is 9.84 Å². The normalized spacial score (nSPS) is 16.5. The van der Waals surface area contributed by atoms with Crippen LogP contribution in [0.15, 0.2) is 82.8 Å². The fourth-order valence-electron chi connectivity index (χ4n) is 4.87. The van der Waals surface area contributed by atoms with Gasteiger partial charge in [-0.2, -0.15) is 0 Å². The average molecular weight is 602 g/mol. The first-order valence-corrected chi connectivity index (χ1v) is 14.8. The predicted octanol–water partition coefficient (Wildman–Crippen LogP) is 5.95. The minimum absolute atomic E-state index is 0.0753. The highest BCUT2D eigenvalue weighted by atomic mass is 32.2. The van der Waals surface area contributed by atoms with Gasteiger partial charge in [-0.1, -0.05) is 53.4 Å². The number of fused-ring (bicyclic) bond motifs is 1. The smallest absolute Gasteiger partial charge is 0.301 e. The second-order valence-corrected chi connectivity index (χ2v) is 11.6. The van der Waals surface area contributed by atoms with Gasteiger partial charge in [0.15, 0.2) is 10.1 Å². The van der Waals surface area contributed by atoms with Crippen molar-refractivity contribution in [2.24, 2.45) is 0 Å². The number of Topliss-reactive ketones (excluding diaryl/α,β-unsaturated/α-hetero) is 1. The molecule has 12 heteroatoms. The summed E-state index contributed by atoms with van der Waals surface area (Å²) >= 11 is 2.54. The molecule has 6 rings (SSSR count). The van der Waals surface area contributed by atoms with Gasteiger partial charge in [0.05, 0.1) is 23.9 Å². The molecule has 1 amide bonds. The number of benzene rings is 2. The molecule has 212 valence electrons. The number of carbonyl (C=O) groups excluding carboxylic acids is 2. The van der Waals surface area contributed by atoms with Gasteiger partial charge in [-0.05, 0) is 61.4 Å². The third kappa shape index (κ3) is 5.03. The molecule has 5 aromatic rings. The Hall–Kier alpha value is -4.55. The Bertz CT molecular complexity index is 1830. The number of rotatable bonds is 8. The number of thioether (sulfide) groups is 1. The lowest BCUT2D eigenvalue weighted by atomic mass is 9.96. The summed E-state index contributed by atoms with van der Waals surface area (Å²) in [5.74, 6) is -1.16. The number of hydrogen-bond donors (Lipinski definition) is 1. The number of aliphatic hydroxyl groups excluding tert-OH is 1. The molecule has 1 N–H and O–H groups in total. The molecule has 42 heavy (non-hydrogen) atoms. The Balaban J connectivity index is 1.43. The molecule has 1 aliphatic heterocycles. The van der Waals surface area contributed by atoms with E-state index in [2.05, 4.69) is 15.2 Å². The standard InChI is InChI=1S/C30H24FN5O4S2/c1-3-40-21-13-9-19(10-14-21)25-23(26(37)24-17(2)32-22-6-4-5-15-35(22)24)27(38)28(39)36(25)29-33-34-30(42-29)41-16-18-7-11-20(31)12-8-18/h4-15,25,37H,3,16H2,1-2H3/b26-23+. The van der Waals surface area contributed by atoms with Gasteiger partial charge in [0.25, 0.3) is 5.78 Å². The predicted molar refractivity (Wildman–Crippen MR) is 158 cm³/mol. The number of ketones is 1. The molecule has 4 heterocycles. The van der Waals surface area contributed by atoms with Crippen LogP contribution in [0.4, 0.5) is 9.52 Å². The van der Waals surface area contributed by atoms with Gasteiger partial charge in [0, 0.05) is 11.9 Å². The number of carbonyl (C=O) groups is 2. The SMILES string of the molecule is CCOc1ccc(C2/C(=C(\O)c3c(C)nc4ccccn34)C(=O)C(=O)N2c2nnc(SCc3ccc(F)cc3)s2)cc1. The number of nitrogens with zero attached hydrogens (tertiary/aromatic N) is 5. The second kappa shape index (κ2) is 11.4. The maximum atomic E-state index is 13.6. The molecule has 0 spiro atoms. The molecule has 0 radical (unpaired) electrons. The Kier molecular flexibility index (Phi) is 7.48. The van der Waals surface area contributed by atoms with E-state index in [0.29, 0.717) is 45.0 Å². The lowest BCUT2D eigenvalue weighted by Gasteiger charge is -2.22. The molecule has 1 fully saturated rings. The molecule has 3 aromatic heterocycles. The Morgan fingerprint density at radius 2 is 1.83 bits per heavy atom. The molecule has 0 aliphatic carbocycles. The molecule has 1 atom stereocenters. The van der Waals surface area contributed by atoms with Crippen LogP contribution >= 0.6 is 23.1 Å². The number of ether oxygens (including phenoxy) is 1. The van der Waals surface area contributed by atoms with E-state index in [4.69, 9.17) is 4.74 Å². The first-order valence-electron chi connectivity index (χ1n) is 13.0. The molecule has 1 saturated heterocycles. The van der Waals surface area contributed by atoms with Crippen molar-refractivity contribution in [2.45, 2.75) is 30.0 Å². The summed E-state index contributed by atoms with van der Waals surface area (Å²) in [6, 6.07) is 17.6. The number of anilines is 1. The first kappa shape index (κ1) is 27.6. The van der Waals surface area contributed by atoms with E-state index < -0.39 is 17.7 Å². The van der Waals surface area contributed by atoms with Crippen molar-refractivity contribution in [2.75, 3.05) is 11.5 Å². The zero-order valence-electron chi connectivity index (χ0n) is 22.5. The average Bonchev–Trinajstić information content (AvgIpc) is 3.66. The summed E-state index contributed by atoms with van der Waals surface area (Å²) in [4.78, 5) is 33.0. The van der Waals surface area contributed by atoms with E-state index in [1.54, 1.807) is 66.1 Å². The van der Waals surface area contributed by atoms with Gasteiger partial charge in [-0.15, -0.1) is 10.2 Å². The van der Waals surface area contributed by atoms with Crippen LogP contribution in [-0.4, -0.2) is 43.0 Å². The number of pyridine rings is 1. The number of aromatic nitrogens is 4. The molecule has 1 aliphatic rings. The maximum Gasteiger partial charge on any atom is 0.301 e. The molecular weight excluding hydrogens is 577 g/mol. The third-order valence-corrected chi connectivity index (χ3v) is 8.88. The Labute approximate surface area is 248 Å². The third-order valence-electron chi connectivity index (χ3n) is 6.76. The van der Waals surface area contributed by atoms with Crippen LogP contribution in [0, 0.1) is 12.7 Å². The lowest BCUT2D eigenvalue weighted by Crippen LogP contribution is -2.29. The molecular formula is C30H24FN5O4S2. The van der Waals surface area contributed by atoms with Crippen LogP contribution in [-0.2, 0) is 15.3 Å². The van der Waals surface area contributed by atoms with Crippen molar-refractivity contribution in [3.8, 4) is 5.75 Å². The van der Waals surface area contributed by atoms with Gasteiger partial charge in [0.2, 0.25) is 5.13 Å². The van der Waals surface area contributed by atoms with E-state index >= 15 is 0 Å². The van der Waals surface area contributed by atoms with Crippen LogP contribution in [0.1, 0.15) is 35.5 Å². The van der Waals surface area contributed by atoms with E-state index in [1.165, 1.54) is 28.8 Å². The van der Waals surface area contributed by atoms with Crippen molar-refractivity contribution < 1.29 is 23.8 Å². The molecule has 2 aromatic carbocycles. The molecule has 0 saturated carbocycles. The summed E-state index contributed by atoms with van der Waals surface area (Å²) in [6.45, 7) is 4.09. The number of hydrogen-bond acceptors (Lipinski definition) is 9. The highest BCUT2D eigenvalue weighted by Crippen LogP contribution is 2.44. The summed E-state index contributed by atoms with van der Waals surface area (Å²) in [6.07, 6.45) is 1.74. The van der Waals surface area contributed by atoms with Crippen LogP contribution < -0.4 is 9.64 Å². The van der Waals surface area contributed by atoms with E-state index in [9.17, 15) is 19.1 Å². The van der Waals surface area contributed by atoms with Gasteiger partial charge in [-0.3, -0.25) is 18.9 Å². The van der Waals surface area contributed by atoms with Crippen molar-refractivity contribution >= 4 is 51.3 Å². The van der Waals surface area contributed by atoms with Gasteiger partial charge in [-0.25, -0.2) is 9.37 Å². The second-order valence-electron chi connectivity index (χ2n) is 9.41. The first-order chi connectivity index (χ1) is 20.4. The highest BCUT2D eigenvalue weighted by molar-refractivity contribution is 8.00. The largest absolute Gasteiger partial charge is 0.505 e. The highest BCUT2D eigenvalue weighted by Gasteiger charge is 2.49. The fourth-order valence-corrected chi connectivity index (χ4v) is 6.69. The van der Waals surface area contributed by atoms with Crippen LogP contribution in [0.25, 0.3) is 11.4 Å². The lowest BCUT2D eigenvalue weighted by molar-refractivity contribution is -0.132. The fraction of sp³-hybridized carbons (Fsp3) is 0.167. The molecule has 0 bridgehead atoms. The molecule has 9 nitrogen and oxygen atoms in total. The number of aryl methyl sites for hydroxylation is 1. The zero-order valence-corrected chi connectivity index (χ0v) is 24.2. The van der Waals surface area contributed by atoms with E-state index in [1.807, 2.05) is 13.0 Å². The van der Waals surface area contributed by atoms with E-state index in [0.717, 1.165) is 16.9 Å². The summed E-state index contributed by atoms with van der Waals surface area (Å²) in [5.41, 5.74) is 2.83. The zero-order chi connectivity index (χ0) is 29.4. The summed E-state index contributed by atoms with van der Waals surface area (Å²) < 4.78 is 21.1. The Morgan fingerprint density at radius 1 is 1.07 bits per heavy atom. The minimum Gasteiger partial charge on any atom is -0.505 e. The number of halogens is 1. The van der Waals surface area contributed by atoms with Crippen molar-refractivity contribution in [1.29, 1.82) is 0 Å². The number of aliphatic hydroxyl groups is 1.